The van der Waals surface area contributed by atoms with E-state index in [2.05, 4.69) is 26.2 Å². The first-order valence-corrected chi connectivity index (χ1v) is 9.48. The summed E-state index contributed by atoms with van der Waals surface area (Å²) in [5.74, 6) is 0.644. The minimum Gasteiger partial charge on any atom is -0.491 e. The van der Waals surface area contributed by atoms with E-state index in [1.807, 2.05) is 61.7 Å². The molecule has 1 amide bonds. The average Bonchev–Trinajstić information content (AvgIpc) is 3.04. The number of hydrogen-bond donors (Lipinski definition) is 1. The summed E-state index contributed by atoms with van der Waals surface area (Å²) in [5, 5.41) is 5.33. The quantitative estimate of drug-likeness (QED) is 0.587. The lowest BCUT2D eigenvalue weighted by Crippen LogP contribution is -2.12. The molecule has 0 bridgehead atoms. The molecule has 0 saturated heterocycles. The Labute approximate surface area is 159 Å². The first-order chi connectivity index (χ1) is 12.0. The fourth-order valence-electron chi connectivity index (χ4n) is 2.25. The number of aromatic nitrogens is 1. The van der Waals surface area contributed by atoms with Gasteiger partial charge < -0.3 is 4.74 Å². The summed E-state index contributed by atoms with van der Waals surface area (Å²) >= 11 is 4.78. The van der Waals surface area contributed by atoms with Crippen LogP contribution in [0.1, 0.15) is 24.2 Å². The number of carbonyl (C=O) groups is 1. The van der Waals surface area contributed by atoms with Crippen molar-refractivity contribution in [3.8, 4) is 17.0 Å². The number of amides is 1. The van der Waals surface area contributed by atoms with Crippen molar-refractivity contribution >= 4 is 38.3 Å². The molecule has 0 unspecified atom stereocenters. The SMILES string of the molecule is CC(C)Oc1ccc(-c2csc(NC(=O)c3ccccc3Br)n2)cc1. The van der Waals surface area contributed by atoms with Crippen LogP contribution in [0.3, 0.4) is 0 Å². The molecule has 128 valence electrons. The Morgan fingerprint density at radius 3 is 2.56 bits per heavy atom. The van der Waals surface area contributed by atoms with E-state index in [4.69, 9.17) is 4.74 Å². The number of thiazole rings is 1. The first kappa shape index (κ1) is 17.6. The third-order valence-corrected chi connectivity index (χ3v) is 4.81. The predicted octanol–water partition coefficient (Wildman–Crippen LogP) is 5.61. The van der Waals surface area contributed by atoms with Gasteiger partial charge in [-0.2, -0.15) is 0 Å². The van der Waals surface area contributed by atoms with Crippen LogP contribution in [-0.4, -0.2) is 17.0 Å². The van der Waals surface area contributed by atoms with Gasteiger partial charge in [-0.1, -0.05) is 12.1 Å². The van der Waals surface area contributed by atoms with Gasteiger partial charge in [-0.05, 0) is 66.2 Å². The van der Waals surface area contributed by atoms with Crippen molar-refractivity contribution in [2.75, 3.05) is 5.32 Å². The van der Waals surface area contributed by atoms with E-state index in [9.17, 15) is 4.79 Å². The molecule has 0 aliphatic heterocycles. The highest BCUT2D eigenvalue weighted by molar-refractivity contribution is 9.10. The van der Waals surface area contributed by atoms with E-state index in [1.54, 1.807) is 6.07 Å². The molecule has 1 aromatic heterocycles. The summed E-state index contributed by atoms with van der Waals surface area (Å²) in [6.45, 7) is 3.99. The van der Waals surface area contributed by atoms with Gasteiger partial charge in [0.2, 0.25) is 0 Å². The minimum atomic E-state index is -0.186. The monoisotopic (exact) mass is 416 g/mol. The summed E-state index contributed by atoms with van der Waals surface area (Å²) in [4.78, 5) is 16.8. The number of nitrogens with zero attached hydrogens (tertiary/aromatic N) is 1. The zero-order valence-corrected chi connectivity index (χ0v) is 16.2. The summed E-state index contributed by atoms with van der Waals surface area (Å²) in [6, 6.07) is 15.1. The van der Waals surface area contributed by atoms with Crippen molar-refractivity contribution in [1.82, 2.24) is 4.98 Å². The Kier molecular flexibility index (Phi) is 5.50. The summed E-state index contributed by atoms with van der Waals surface area (Å²) in [7, 11) is 0. The number of benzene rings is 2. The molecule has 0 radical (unpaired) electrons. The highest BCUT2D eigenvalue weighted by atomic mass is 79.9. The standard InChI is InChI=1S/C19H17BrN2O2S/c1-12(2)24-14-9-7-13(8-10-14)17-11-25-19(21-17)22-18(23)15-5-3-4-6-16(15)20/h3-12H,1-2H3,(H,21,22,23). The van der Waals surface area contributed by atoms with E-state index in [-0.39, 0.29) is 12.0 Å². The molecule has 0 aliphatic carbocycles. The zero-order valence-electron chi connectivity index (χ0n) is 13.8. The highest BCUT2D eigenvalue weighted by Gasteiger charge is 2.12. The smallest absolute Gasteiger partial charge is 0.258 e. The van der Waals surface area contributed by atoms with E-state index in [0.29, 0.717) is 10.7 Å². The molecule has 1 heterocycles. The molecule has 4 nitrogen and oxygen atoms in total. The van der Waals surface area contributed by atoms with Gasteiger partial charge in [-0.25, -0.2) is 4.98 Å². The van der Waals surface area contributed by atoms with Gasteiger partial charge in [0.1, 0.15) is 5.75 Å². The van der Waals surface area contributed by atoms with Crippen LogP contribution in [0.2, 0.25) is 0 Å². The summed E-state index contributed by atoms with van der Waals surface area (Å²) in [5.41, 5.74) is 2.38. The fraction of sp³-hybridized carbons (Fsp3) is 0.158. The second kappa shape index (κ2) is 7.80. The van der Waals surface area contributed by atoms with Crippen molar-refractivity contribution in [3.63, 3.8) is 0 Å². The van der Waals surface area contributed by atoms with Crippen LogP contribution in [-0.2, 0) is 0 Å². The lowest BCUT2D eigenvalue weighted by Gasteiger charge is -2.09. The van der Waals surface area contributed by atoms with Gasteiger partial charge in [-0.3, -0.25) is 10.1 Å². The maximum absolute atomic E-state index is 12.3. The molecule has 0 fully saturated rings. The maximum Gasteiger partial charge on any atom is 0.258 e. The lowest BCUT2D eigenvalue weighted by atomic mass is 10.2. The van der Waals surface area contributed by atoms with E-state index >= 15 is 0 Å². The van der Waals surface area contributed by atoms with Crippen LogP contribution < -0.4 is 10.1 Å². The normalized spacial score (nSPS) is 10.7. The van der Waals surface area contributed by atoms with Gasteiger partial charge in [0.05, 0.1) is 17.4 Å². The Morgan fingerprint density at radius 1 is 1.16 bits per heavy atom. The molecule has 3 aromatic rings. The van der Waals surface area contributed by atoms with Crippen LogP contribution in [0.4, 0.5) is 5.13 Å². The molecule has 25 heavy (non-hydrogen) atoms. The second-order valence-electron chi connectivity index (χ2n) is 5.66. The number of nitrogens with one attached hydrogen (secondary N) is 1. The van der Waals surface area contributed by atoms with Crippen LogP contribution in [0.5, 0.6) is 5.75 Å². The number of anilines is 1. The molecule has 0 aliphatic rings. The van der Waals surface area contributed by atoms with Crippen LogP contribution in [0.25, 0.3) is 11.3 Å². The Bertz CT molecular complexity index is 875. The highest BCUT2D eigenvalue weighted by Crippen LogP contribution is 2.27. The molecular formula is C19H17BrN2O2S. The molecule has 2 aromatic carbocycles. The van der Waals surface area contributed by atoms with Gasteiger partial charge >= 0.3 is 0 Å². The Hall–Kier alpha value is -2.18. The molecule has 0 saturated carbocycles. The second-order valence-corrected chi connectivity index (χ2v) is 7.38. The number of halogens is 1. The van der Waals surface area contributed by atoms with E-state index in [1.165, 1.54) is 11.3 Å². The van der Waals surface area contributed by atoms with Crippen LogP contribution in [0.15, 0.2) is 58.4 Å². The van der Waals surface area contributed by atoms with E-state index < -0.39 is 0 Å². The first-order valence-electron chi connectivity index (χ1n) is 7.81. The van der Waals surface area contributed by atoms with Crippen LogP contribution >= 0.6 is 27.3 Å². The predicted molar refractivity (Wildman–Crippen MR) is 105 cm³/mol. The summed E-state index contributed by atoms with van der Waals surface area (Å²) in [6.07, 6.45) is 0.143. The lowest BCUT2D eigenvalue weighted by molar-refractivity contribution is 0.102. The number of ether oxygens (including phenoxy) is 1. The number of carbonyl (C=O) groups excluding carboxylic acids is 1. The zero-order chi connectivity index (χ0) is 17.8. The van der Waals surface area contributed by atoms with Gasteiger partial charge in [0, 0.05) is 15.4 Å². The number of rotatable bonds is 5. The van der Waals surface area contributed by atoms with Crippen molar-refractivity contribution in [3.05, 3.63) is 63.9 Å². The minimum absolute atomic E-state index is 0.143. The van der Waals surface area contributed by atoms with Crippen molar-refractivity contribution in [2.24, 2.45) is 0 Å². The largest absolute Gasteiger partial charge is 0.491 e. The van der Waals surface area contributed by atoms with Crippen LogP contribution in [0, 0.1) is 0 Å². The molecule has 6 heteroatoms. The Balaban J connectivity index is 1.72. The molecule has 0 atom stereocenters. The van der Waals surface area contributed by atoms with E-state index in [0.717, 1.165) is 21.5 Å². The Morgan fingerprint density at radius 2 is 1.88 bits per heavy atom. The topological polar surface area (TPSA) is 51.2 Å². The maximum atomic E-state index is 12.3. The van der Waals surface area contributed by atoms with Crippen molar-refractivity contribution < 1.29 is 9.53 Å². The van der Waals surface area contributed by atoms with Gasteiger partial charge in [0.15, 0.2) is 5.13 Å². The third-order valence-electron chi connectivity index (χ3n) is 3.36. The molecule has 0 spiro atoms. The third kappa shape index (κ3) is 4.46. The summed E-state index contributed by atoms with van der Waals surface area (Å²) < 4.78 is 6.40. The molecule has 1 N–H and O–H groups in total. The average molecular weight is 417 g/mol. The van der Waals surface area contributed by atoms with Gasteiger partial charge in [0.25, 0.3) is 5.91 Å². The fourth-order valence-corrected chi connectivity index (χ4v) is 3.43. The van der Waals surface area contributed by atoms with Gasteiger partial charge in [-0.15, -0.1) is 11.3 Å². The molecular weight excluding hydrogens is 400 g/mol. The van der Waals surface area contributed by atoms with Crippen molar-refractivity contribution in [1.29, 1.82) is 0 Å². The number of hydrogen-bond acceptors (Lipinski definition) is 4. The van der Waals surface area contributed by atoms with Crippen molar-refractivity contribution in [2.45, 2.75) is 20.0 Å². The molecule has 3 rings (SSSR count).